The summed E-state index contributed by atoms with van der Waals surface area (Å²) in [7, 11) is 0. The molecule has 37 heavy (non-hydrogen) atoms. The number of amides is 1. The Morgan fingerprint density at radius 1 is 0.973 bits per heavy atom. The lowest BCUT2D eigenvalue weighted by molar-refractivity contribution is -0.115. The number of halogens is 3. The van der Waals surface area contributed by atoms with Crippen LogP contribution >= 0.6 is 35.6 Å². The maximum absolute atomic E-state index is 12.6. The predicted octanol–water partition coefficient (Wildman–Crippen LogP) is 4.50. The minimum atomic E-state index is -0.534. The fraction of sp³-hybridized carbons (Fsp3) is 0.231. The highest BCUT2D eigenvalue weighted by Crippen LogP contribution is 2.23. The van der Waals surface area contributed by atoms with E-state index in [1.807, 2.05) is 60.7 Å². The van der Waals surface area contributed by atoms with Gasteiger partial charge in [0.05, 0.1) is 29.1 Å². The molecule has 0 fully saturated rings. The van der Waals surface area contributed by atoms with Gasteiger partial charge in [-0.1, -0.05) is 71.7 Å². The van der Waals surface area contributed by atoms with E-state index in [0.717, 1.165) is 29.7 Å². The second-order valence-electron chi connectivity index (χ2n) is 8.30. The van der Waals surface area contributed by atoms with Crippen molar-refractivity contribution in [2.24, 2.45) is 0 Å². The minimum absolute atomic E-state index is 0. The molecule has 0 aliphatic rings. The molecule has 3 aromatic carbocycles. The number of carbonyl (C=O) groups excluding carboxylic acids is 1. The molecular weight excluding hydrogens is 535 g/mol. The molecule has 1 atom stereocenters. The molecule has 0 radical (unpaired) electrons. The molecular formula is C26H27Cl3N6O2. The summed E-state index contributed by atoms with van der Waals surface area (Å²) in [6.07, 6.45) is 0.303. The number of aromatic nitrogens is 4. The average Bonchev–Trinajstić information content (AvgIpc) is 3.31. The van der Waals surface area contributed by atoms with Crippen molar-refractivity contribution in [3.63, 3.8) is 0 Å². The van der Waals surface area contributed by atoms with Crippen molar-refractivity contribution in [2.45, 2.75) is 25.5 Å². The first kappa shape index (κ1) is 28.6. The highest BCUT2D eigenvalue weighted by molar-refractivity contribution is 6.42. The van der Waals surface area contributed by atoms with Crippen molar-refractivity contribution in [2.75, 3.05) is 18.4 Å². The Morgan fingerprint density at radius 2 is 1.70 bits per heavy atom. The van der Waals surface area contributed by atoms with Crippen molar-refractivity contribution in [1.82, 2.24) is 25.5 Å². The maximum Gasteiger partial charge on any atom is 0.232 e. The number of rotatable bonds is 11. The maximum atomic E-state index is 12.6. The monoisotopic (exact) mass is 560 g/mol. The second kappa shape index (κ2) is 14.1. The molecule has 11 heteroatoms. The van der Waals surface area contributed by atoms with E-state index in [4.69, 9.17) is 23.2 Å². The van der Waals surface area contributed by atoms with Gasteiger partial charge in [-0.3, -0.25) is 4.79 Å². The van der Waals surface area contributed by atoms with Gasteiger partial charge in [0, 0.05) is 12.2 Å². The molecule has 0 unspecified atom stereocenters. The lowest BCUT2D eigenvalue weighted by Crippen LogP contribution is -2.23. The van der Waals surface area contributed by atoms with Crippen LogP contribution in [0.2, 0.25) is 10.0 Å². The molecule has 3 N–H and O–H groups in total. The Morgan fingerprint density at radius 3 is 2.43 bits per heavy atom. The fourth-order valence-corrected chi connectivity index (χ4v) is 3.97. The molecule has 0 aliphatic carbocycles. The van der Waals surface area contributed by atoms with E-state index < -0.39 is 6.10 Å². The Bertz CT molecular complexity index is 1290. The van der Waals surface area contributed by atoms with Crippen LogP contribution in [0.4, 0.5) is 5.69 Å². The van der Waals surface area contributed by atoms with Crippen molar-refractivity contribution in [1.29, 1.82) is 0 Å². The Hall–Kier alpha value is -3.01. The standard InChI is InChI=1S/C26H26Cl2N6O2.ClH/c27-22-11-8-19(14-23(22)28)17-34-25(31-32-33-34)15-26(36)30-21-9-6-18(7-10-21)12-13-29-16-24(35)20-4-2-1-3-5-20;/h1-11,14,24,29,35H,12-13,15-17H2,(H,30,36);1H/t24-;/m0./s1. The number of aliphatic hydroxyl groups is 1. The average molecular weight is 562 g/mol. The number of tetrazole rings is 1. The molecule has 0 aliphatic heterocycles. The lowest BCUT2D eigenvalue weighted by atomic mass is 10.1. The van der Waals surface area contributed by atoms with E-state index >= 15 is 0 Å². The van der Waals surface area contributed by atoms with E-state index in [1.54, 1.807) is 16.8 Å². The Balaban J connectivity index is 0.00000380. The van der Waals surface area contributed by atoms with Gasteiger partial charge >= 0.3 is 0 Å². The van der Waals surface area contributed by atoms with Gasteiger partial charge in [0.15, 0.2) is 5.82 Å². The van der Waals surface area contributed by atoms with E-state index in [9.17, 15) is 9.90 Å². The number of anilines is 1. The summed E-state index contributed by atoms with van der Waals surface area (Å²) >= 11 is 12.0. The van der Waals surface area contributed by atoms with Gasteiger partial charge in [0.25, 0.3) is 0 Å². The van der Waals surface area contributed by atoms with Crippen LogP contribution in [0.15, 0.2) is 72.8 Å². The fourth-order valence-electron chi connectivity index (χ4n) is 3.65. The van der Waals surface area contributed by atoms with Crippen LogP contribution < -0.4 is 10.6 Å². The highest BCUT2D eigenvalue weighted by atomic mass is 35.5. The van der Waals surface area contributed by atoms with Crippen LogP contribution in [0.1, 0.15) is 28.6 Å². The summed E-state index contributed by atoms with van der Waals surface area (Å²) in [6.45, 7) is 1.59. The van der Waals surface area contributed by atoms with Gasteiger partial charge in [-0.05, 0) is 64.3 Å². The zero-order chi connectivity index (χ0) is 25.3. The zero-order valence-electron chi connectivity index (χ0n) is 19.8. The van der Waals surface area contributed by atoms with Crippen LogP contribution in [0, 0.1) is 0 Å². The van der Waals surface area contributed by atoms with E-state index in [2.05, 4.69) is 26.2 Å². The SMILES string of the molecule is Cl.O=C(Cc1nnnn1Cc1ccc(Cl)c(Cl)c1)Nc1ccc(CCNC[C@H](O)c2ccccc2)cc1. The molecule has 1 aromatic heterocycles. The van der Waals surface area contributed by atoms with Crippen LogP contribution in [0.3, 0.4) is 0 Å². The number of hydrogen-bond acceptors (Lipinski definition) is 6. The number of nitrogens with zero attached hydrogens (tertiary/aromatic N) is 4. The number of carbonyl (C=O) groups is 1. The zero-order valence-corrected chi connectivity index (χ0v) is 22.2. The molecule has 4 aromatic rings. The van der Waals surface area contributed by atoms with Crippen LogP contribution in [0.25, 0.3) is 0 Å². The van der Waals surface area contributed by atoms with E-state index in [0.29, 0.717) is 34.6 Å². The number of benzene rings is 3. The summed E-state index contributed by atoms with van der Waals surface area (Å²) in [5.74, 6) is 0.225. The molecule has 4 rings (SSSR count). The molecule has 1 amide bonds. The van der Waals surface area contributed by atoms with Crippen molar-refractivity contribution < 1.29 is 9.90 Å². The van der Waals surface area contributed by atoms with Crippen LogP contribution in [0.5, 0.6) is 0 Å². The largest absolute Gasteiger partial charge is 0.387 e. The van der Waals surface area contributed by atoms with Crippen LogP contribution in [-0.4, -0.2) is 44.3 Å². The summed E-state index contributed by atoms with van der Waals surface area (Å²) in [4.78, 5) is 12.6. The third kappa shape index (κ3) is 8.52. The van der Waals surface area contributed by atoms with Gasteiger partial charge in [-0.15, -0.1) is 17.5 Å². The van der Waals surface area contributed by atoms with Crippen molar-refractivity contribution in [3.05, 3.63) is 105 Å². The first-order valence-corrected chi connectivity index (χ1v) is 12.2. The first-order valence-electron chi connectivity index (χ1n) is 11.5. The number of hydrogen-bond donors (Lipinski definition) is 3. The molecule has 194 valence electrons. The van der Waals surface area contributed by atoms with Gasteiger partial charge < -0.3 is 15.7 Å². The topological polar surface area (TPSA) is 105 Å². The summed E-state index contributed by atoms with van der Waals surface area (Å²) < 4.78 is 1.56. The molecule has 8 nitrogen and oxygen atoms in total. The summed E-state index contributed by atoms with van der Waals surface area (Å²) in [5.41, 5.74) is 3.59. The number of aliphatic hydroxyl groups excluding tert-OH is 1. The van der Waals surface area contributed by atoms with E-state index in [1.165, 1.54) is 0 Å². The Labute approximate surface area is 231 Å². The second-order valence-corrected chi connectivity index (χ2v) is 9.12. The molecule has 0 saturated heterocycles. The summed E-state index contributed by atoms with van der Waals surface area (Å²) in [5, 5.41) is 28.9. The number of nitrogens with one attached hydrogen (secondary N) is 2. The Kier molecular flexibility index (Phi) is 10.9. The summed E-state index contributed by atoms with van der Waals surface area (Å²) in [6, 6.07) is 22.6. The van der Waals surface area contributed by atoms with Crippen molar-refractivity contribution in [3.8, 4) is 0 Å². The quantitative estimate of drug-likeness (QED) is 0.233. The van der Waals surface area contributed by atoms with Gasteiger partial charge in [-0.2, -0.15) is 0 Å². The first-order chi connectivity index (χ1) is 17.5. The van der Waals surface area contributed by atoms with Gasteiger partial charge in [0.1, 0.15) is 0 Å². The minimum Gasteiger partial charge on any atom is -0.387 e. The molecule has 0 spiro atoms. The molecule has 0 bridgehead atoms. The third-order valence-electron chi connectivity index (χ3n) is 5.59. The van der Waals surface area contributed by atoms with Gasteiger partial charge in [0.2, 0.25) is 5.91 Å². The highest BCUT2D eigenvalue weighted by Gasteiger charge is 2.13. The third-order valence-corrected chi connectivity index (χ3v) is 6.33. The van der Waals surface area contributed by atoms with Crippen LogP contribution in [-0.2, 0) is 24.2 Å². The van der Waals surface area contributed by atoms with Crippen molar-refractivity contribution >= 4 is 47.2 Å². The van der Waals surface area contributed by atoms with E-state index in [-0.39, 0.29) is 24.7 Å². The smallest absolute Gasteiger partial charge is 0.232 e. The lowest BCUT2D eigenvalue weighted by Gasteiger charge is -2.12. The van der Waals surface area contributed by atoms with Gasteiger partial charge in [-0.25, -0.2) is 4.68 Å². The predicted molar refractivity (Wildman–Crippen MR) is 147 cm³/mol. The molecule has 0 saturated carbocycles. The molecule has 1 heterocycles. The normalized spacial score (nSPS) is 11.5.